The number of benzene rings is 2. The monoisotopic (exact) mass is 424 g/mol. The molecular weight excluding hydrogens is 403 g/mol. The molecule has 30 heavy (non-hydrogen) atoms. The summed E-state index contributed by atoms with van der Waals surface area (Å²) >= 11 is 1.13. The maximum atomic E-state index is 13.3. The number of carbonyl (C=O) groups is 2. The lowest BCUT2D eigenvalue weighted by Crippen LogP contribution is -2.16. The molecule has 1 aromatic heterocycles. The van der Waals surface area contributed by atoms with Gasteiger partial charge in [-0.3, -0.25) is 9.59 Å². The maximum Gasteiger partial charge on any atom is 0.285 e. The minimum absolute atomic E-state index is 0.0614. The largest absolute Gasteiger partial charge is 0.339 e. The molecule has 0 saturated carbocycles. The fourth-order valence-electron chi connectivity index (χ4n) is 3.40. The lowest BCUT2D eigenvalue weighted by molar-refractivity contribution is 0.102. The first kappa shape index (κ1) is 20.2. The minimum Gasteiger partial charge on any atom is -0.339 e. The Hall–Kier alpha value is -3.13. The highest BCUT2D eigenvalue weighted by molar-refractivity contribution is 8.13. The van der Waals surface area contributed by atoms with Crippen LogP contribution in [0.25, 0.3) is 5.69 Å². The molecule has 0 aliphatic heterocycles. The maximum absolute atomic E-state index is 13.3. The van der Waals surface area contributed by atoms with Crippen LogP contribution in [-0.2, 0) is 12.8 Å². The van der Waals surface area contributed by atoms with Gasteiger partial charge in [-0.2, -0.15) is 5.10 Å². The van der Waals surface area contributed by atoms with Crippen LogP contribution in [0.3, 0.4) is 0 Å². The van der Waals surface area contributed by atoms with E-state index in [1.165, 1.54) is 17.0 Å². The highest BCUT2D eigenvalue weighted by Gasteiger charge is 2.27. The van der Waals surface area contributed by atoms with Crippen molar-refractivity contribution in [1.29, 1.82) is 0 Å². The number of carbonyl (C=O) groups excluding carboxylic acids is 2. The van der Waals surface area contributed by atoms with Gasteiger partial charge in [-0.25, -0.2) is 9.07 Å². The zero-order valence-corrected chi connectivity index (χ0v) is 17.5. The summed E-state index contributed by atoms with van der Waals surface area (Å²) in [6.45, 7) is 0. The molecule has 0 atom stereocenters. The molecule has 0 saturated heterocycles. The van der Waals surface area contributed by atoms with Gasteiger partial charge in [0.2, 0.25) is 0 Å². The van der Waals surface area contributed by atoms with Gasteiger partial charge in [0.15, 0.2) is 5.69 Å². The molecule has 0 bridgehead atoms. The summed E-state index contributed by atoms with van der Waals surface area (Å²) in [6.07, 6.45) is 2.58. The normalized spacial score (nSPS) is 12.5. The van der Waals surface area contributed by atoms with E-state index in [-0.39, 0.29) is 17.0 Å². The number of amides is 2. The lowest BCUT2D eigenvalue weighted by atomic mass is 10.2. The van der Waals surface area contributed by atoms with Gasteiger partial charge in [0, 0.05) is 35.9 Å². The van der Waals surface area contributed by atoms with Gasteiger partial charge in [-0.15, -0.1) is 0 Å². The second-order valence-corrected chi connectivity index (χ2v) is 8.28. The van der Waals surface area contributed by atoms with Gasteiger partial charge in [0.1, 0.15) is 5.82 Å². The zero-order chi connectivity index (χ0) is 21.3. The van der Waals surface area contributed by atoms with Crippen LogP contribution in [0.1, 0.15) is 28.2 Å². The van der Waals surface area contributed by atoms with Crippen molar-refractivity contribution in [1.82, 2.24) is 14.7 Å². The number of nitrogens with zero attached hydrogens (tertiary/aromatic N) is 3. The van der Waals surface area contributed by atoms with Crippen LogP contribution in [0, 0.1) is 5.82 Å². The SMILES string of the molecule is CN(C)C(=O)Sc1ccc(NC(=O)c2nn(-c3ccc(F)cc3)c3c2CCC3)cc1. The molecular formula is C22H21FN4O2S. The Morgan fingerprint density at radius 2 is 1.77 bits per heavy atom. The third kappa shape index (κ3) is 4.09. The summed E-state index contributed by atoms with van der Waals surface area (Å²) in [6, 6.07) is 13.2. The molecule has 0 radical (unpaired) electrons. The molecule has 8 heteroatoms. The first-order valence-electron chi connectivity index (χ1n) is 9.59. The average Bonchev–Trinajstić information content (AvgIpc) is 3.33. The van der Waals surface area contributed by atoms with Crippen molar-refractivity contribution in [3.05, 3.63) is 71.3 Å². The number of rotatable bonds is 4. The predicted molar refractivity (Wildman–Crippen MR) is 115 cm³/mol. The summed E-state index contributed by atoms with van der Waals surface area (Å²) in [5.74, 6) is -0.590. The molecule has 2 amide bonds. The Balaban J connectivity index is 1.53. The van der Waals surface area contributed by atoms with Gasteiger partial charge < -0.3 is 10.2 Å². The van der Waals surface area contributed by atoms with Crippen LogP contribution >= 0.6 is 11.8 Å². The van der Waals surface area contributed by atoms with E-state index in [0.717, 1.165) is 52.9 Å². The number of fused-ring (bicyclic) bond motifs is 1. The van der Waals surface area contributed by atoms with Crippen LogP contribution in [0.4, 0.5) is 14.9 Å². The summed E-state index contributed by atoms with van der Waals surface area (Å²) in [5.41, 5.74) is 3.71. The van der Waals surface area contributed by atoms with E-state index >= 15 is 0 Å². The number of hydrogen-bond donors (Lipinski definition) is 1. The van der Waals surface area contributed by atoms with E-state index in [4.69, 9.17) is 0 Å². The molecule has 1 N–H and O–H groups in total. The van der Waals surface area contributed by atoms with Crippen LogP contribution in [0.2, 0.25) is 0 Å². The van der Waals surface area contributed by atoms with Crippen molar-refractivity contribution in [2.45, 2.75) is 24.2 Å². The third-order valence-corrected chi connectivity index (χ3v) is 5.95. The Bertz CT molecular complexity index is 1090. The highest BCUT2D eigenvalue weighted by atomic mass is 32.2. The molecule has 1 aliphatic carbocycles. The summed E-state index contributed by atoms with van der Waals surface area (Å²) in [4.78, 5) is 27.0. The summed E-state index contributed by atoms with van der Waals surface area (Å²) < 4.78 is 15.0. The average molecular weight is 425 g/mol. The Morgan fingerprint density at radius 3 is 2.43 bits per heavy atom. The molecule has 4 rings (SSSR count). The Labute approximate surface area is 178 Å². The Kier molecular flexibility index (Phi) is 5.59. The third-order valence-electron chi connectivity index (χ3n) is 4.90. The molecule has 6 nitrogen and oxygen atoms in total. The van der Waals surface area contributed by atoms with Crippen LogP contribution in [-0.4, -0.2) is 39.9 Å². The topological polar surface area (TPSA) is 67.2 Å². The Morgan fingerprint density at radius 1 is 1.07 bits per heavy atom. The van der Waals surface area contributed by atoms with Crippen molar-refractivity contribution >= 4 is 28.6 Å². The quantitative estimate of drug-likeness (QED) is 0.625. The number of aromatic nitrogens is 2. The van der Waals surface area contributed by atoms with Gasteiger partial charge >= 0.3 is 0 Å². The van der Waals surface area contributed by atoms with Crippen LogP contribution in [0.5, 0.6) is 0 Å². The first-order valence-corrected chi connectivity index (χ1v) is 10.4. The van der Waals surface area contributed by atoms with Crippen molar-refractivity contribution < 1.29 is 14.0 Å². The van der Waals surface area contributed by atoms with Gasteiger partial charge in [0.25, 0.3) is 11.1 Å². The van der Waals surface area contributed by atoms with Crippen LogP contribution < -0.4 is 5.32 Å². The summed E-state index contributed by atoms with van der Waals surface area (Å²) in [7, 11) is 3.40. The van der Waals surface area contributed by atoms with E-state index < -0.39 is 0 Å². The number of anilines is 1. The number of hydrogen-bond acceptors (Lipinski definition) is 4. The molecule has 2 aromatic carbocycles. The van der Waals surface area contributed by atoms with Crippen molar-refractivity contribution in [2.75, 3.05) is 19.4 Å². The first-order chi connectivity index (χ1) is 14.4. The molecule has 1 heterocycles. The molecule has 0 unspecified atom stereocenters. The van der Waals surface area contributed by atoms with E-state index in [0.29, 0.717) is 11.4 Å². The van der Waals surface area contributed by atoms with Crippen LogP contribution in [0.15, 0.2) is 53.4 Å². The van der Waals surface area contributed by atoms with Crippen molar-refractivity contribution in [2.24, 2.45) is 0 Å². The van der Waals surface area contributed by atoms with E-state index in [1.54, 1.807) is 55.2 Å². The number of thioether (sulfide) groups is 1. The second-order valence-electron chi connectivity index (χ2n) is 7.26. The molecule has 0 spiro atoms. The molecule has 3 aromatic rings. The smallest absolute Gasteiger partial charge is 0.285 e. The number of nitrogens with one attached hydrogen (secondary N) is 1. The van der Waals surface area contributed by atoms with E-state index in [9.17, 15) is 14.0 Å². The molecule has 154 valence electrons. The molecule has 1 aliphatic rings. The highest BCUT2D eigenvalue weighted by Crippen LogP contribution is 2.29. The van der Waals surface area contributed by atoms with Crippen molar-refractivity contribution in [3.63, 3.8) is 0 Å². The van der Waals surface area contributed by atoms with E-state index in [2.05, 4.69) is 10.4 Å². The standard InChI is InChI=1S/C22H21FN4O2S/c1-26(2)22(29)30-17-12-8-15(9-13-17)24-21(28)20-18-4-3-5-19(18)27(25-20)16-10-6-14(23)7-11-16/h6-13H,3-5H2,1-2H3,(H,24,28). The molecule has 0 fully saturated rings. The lowest BCUT2D eigenvalue weighted by Gasteiger charge is -2.09. The van der Waals surface area contributed by atoms with Gasteiger partial charge in [-0.05, 0) is 79.6 Å². The minimum atomic E-state index is -0.311. The summed E-state index contributed by atoms with van der Waals surface area (Å²) in [5, 5.41) is 7.36. The van der Waals surface area contributed by atoms with Gasteiger partial charge in [0.05, 0.1) is 5.69 Å². The van der Waals surface area contributed by atoms with Gasteiger partial charge in [-0.1, -0.05) is 0 Å². The fourth-order valence-corrected chi connectivity index (χ4v) is 4.06. The van der Waals surface area contributed by atoms with Crippen molar-refractivity contribution in [3.8, 4) is 5.69 Å². The zero-order valence-electron chi connectivity index (χ0n) is 16.7. The fraction of sp³-hybridized carbons (Fsp3) is 0.227. The number of halogens is 1. The predicted octanol–water partition coefficient (Wildman–Crippen LogP) is 4.53. The van der Waals surface area contributed by atoms with E-state index in [1.807, 2.05) is 0 Å². The second kappa shape index (κ2) is 8.31.